The van der Waals surface area contributed by atoms with E-state index in [-0.39, 0.29) is 17.9 Å². The lowest BCUT2D eigenvalue weighted by Gasteiger charge is -2.26. The van der Waals surface area contributed by atoms with Crippen LogP contribution in [-0.4, -0.2) is 28.9 Å². The number of hydrogen-bond acceptors (Lipinski definition) is 3. The van der Waals surface area contributed by atoms with Gasteiger partial charge >= 0.3 is 5.97 Å². The summed E-state index contributed by atoms with van der Waals surface area (Å²) in [5.41, 5.74) is 1.17. The summed E-state index contributed by atoms with van der Waals surface area (Å²) in [5.74, 6) is -2.21. The third kappa shape index (κ3) is 4.94. The molecule has 2 aromatic rings. The number of benzene rings is 2. The molecule has 0 saturated heterocycles. The first kappa shape index (κ1) is 19.5. The average molecular weight is 384 g/mol. The molecule has 1 saturated carbocycles. The van der Waals surface area contributed by atoms with Gasteiger partial charge in [-0.25, -0.2) is 4.39 Å². The van der Waals surface area contributed by atoms with Gasteiger partial charge in [-0.2, -0.15) is 0 Å². The van der Waals surface area contributed by atoms with E-state index in [1.165, 1.54) is 24.3 Å². The normalized spacial score (nSPS) is 18.9. The number of anilines is 1. The largest absolute Gasteiger partial charge is 0.481 e. The van der Waals surface area contributed by atoms with Gasteiger partial charge in [-0.1, -0.05) is 6.07 Å². The van der Waals surface area contributed by atoms with Crippen molar-refractivity contribution < 1.29 is 23.9 Å². The molecule has 2 aromatic carbocycles. The van der Waals surface area contributed by atoms with Crippen molar-refractivity contribution in [2.45, 2.75) is 31.7 Å². The van der Waals surface area contributed by atoms with Crippen LogP contribution in [0.1, 0.15) is 46.4 Å². The van der Waals surface area contributed by atoms with E-state index < -0.39 is 17.7 Å². The zero-order valence-corrected chi connectivity index (χ0v) is 15.2. The van der Waals surface area contributed by atoms with Gasteiger partial charge in [0.1, 0.15) is 5.82 Å². The van der Waals surface area contributed by atoms with Gasteiger partial charge in [-0.3, -0.25) is 14.4 Å². The average Bonchev–Trinajstić information content (AvgIpc) is 2.69. The number of rotatable bonds is 5. The van der Waals surface area contributed by atoms with Crippen molar-refractivity contribution in [3.63, 3.8) is 0 Å². The highest BCUT2D eigenvalue weighted by molar-refractivity contribution is 6.05. The molecule has 0 radical (unpaired) electrons. The number of amides is 2. The van der Waals surface area contributed by atoms with Crippen molar-refractivity contribution in [2.24, 2.45) is 5.92 Å². The van der Waals surface area contributed by atoms with Crippen LogP contribution < -0.4 is 10.6 Å². The number of halogens is 1. The lowest BCUT2D eigenvalue weighted by Crippen LogP contribution is -2.38. The van der Waals surface area contributed by atoms with Crippen molar-refractivity contribution in [1.82, 2.24) is 5.32 Å². The minimum Gasteiger partial charge on any atom is -0.481 e. The highest BCUT2D eigenvalue weighted by Crippen LogP contribution is 2.24. The Morgan fingerprint density at radius 2 is 1.57 bits per heavy atom. The van der Waals surface area contributed by atoms with E-state index in [4.69, 9.17) is 5.11 Å². The summed E-state index contributed by atoms with van der Waals surface area (Å²) in [6.07, 6.45) is 2.36. The van der Waals surface area contributed by atoms with Crippen molar-refractivity contribution in [2.75, 3.05) is 5.32 Å². The second kappa shape index (κ2) is 8.65. The van der Waals surface area contributed by atoms with Crippen LogP contribution in [0.4, 0.5) is 10.1 Å². The van der Waals surface area contributed by atoms with Gasteiger partial charge in [0.05, 0.1) is 5.92 Å². The maximum atomic E-state index is 13.0. The molecule has 146 valence electrons. The Morgan fingerprint density at radius 1 is 0.893 bits per heavy atom. The molecule has 3 rings (SSSR count). The highest BCUT2D eigenvalue weighted by atomic mass is 19.1. The molecule has 6 nitrogen and oxygen atoms in total. The SMILES string of the molecule is O=C(Nc1cccc(C(=O)NC2CCC(C(=O)O)CC2)c1)c1ccc(F)cc1. The molecule has 0 atom stereocenters. The number of carboxylic acid groups (broad SMARTS) is 1. The van der Waals surface area contributed by atoms with Gasteiger partial charge in [-0.05, 0) is 68.1 Å². The van der Waals surface area contributed by atoms with E-state index in [9.17, 15) is 18.8 Å². The molecule has 1 aliphatic carbocycles. The Hall–Kier alpha value is -3.22. The lowest BCUT2D eigenvalue weighted by atomic mass is 9.86. The Bertz CT molecular complexity index is 874. The van der Waals surface area contributed by atoms with Crippen LogP contribution in [-0.2, 0) is 4.79 Å². The molecule has 2 amide bonds. The van der Waals surface area contributed by atoms with Crippen LogP contribution in [0.5, 0.6) is 0 Å². The zero-order chi connectivity index (χ0) is 20.1. The second-order valence-corrected chi connectivity index (χ2v) is 6.90. The van der Waals surface area contributed by atoms with E-state index in [0.717, 1.165) is 0 Å². The molecule has 0 aromatic heterocycles. The van der Waals surface area contributed by atoms with Crippen LogP contribution in [0.3, 0.4) is 0 Å². The van der Waals surface area contributed by atoms with Crippen molar-refractivity contribution in [3.05, 3.63) is 65.5 Å². The fraction of sp³-hybridized carbons (Fsp3) is 0.286. The molecule has 0 unspecified atom stereocenters. The molecular weight excluding hydrogens is 363 g/mol. The third-order valence-corrected chi connectivity index (χ3v) is 4.90. The summed E-state index contributed by atoms with van der Waals surface area (Å²) in [5, 5.41) is 14.7. The number of carbonyl (C=O) groups is 3. The predicted octanol–water partition coefficient (Wildman–Crippen LogP) is 3.45. The molecular formula is C21H21FN2O4. The smallest absolute Gasteiger partial charge is 0.306 e. The topological polar surface area (TPSA) is 95.5 Å². The van der Waals surface area contributed by atoms with Crippen LogP contribution in [0, 0.1) is 11.7 Å². The molecule has 0 heterocycles. The minimum atomic E-state index is -0.783. The number of nitrogens with one attached hydrogen (secondary N) is 2. The molecule has 3 N–H and O–H groups in total. The lowest BCUT2D eigenvalue weighted by molar-refractivity contribution is -0.142. The van der Waals surface area contributed by atoms with Gasteiger partial charge < -0.3 is 15.7 Å². The first-order valence-corrected chi connectivity index (χ1v) is 9.13. The predicted molar refractivity (Wildman–Crippen MR) is 102 cm³/mol. The van der Waals surface area contributed by atoms with Crippen molar-refractivity contribution >= 4 is 23.5 Å². The van der Waals surface area contributed by atoms with Crippen LogP contribution in [0.2, 0.25) is 0 Å². The van der Waals surface area contributed by atoms with Gasteiger partial charge in [0, 0.05) is 22.9 Å². The summed E-state index contributed by atoms with van der Waals surface area (Å²) in [6.45, 7) is 0. The fourth-order valence-corrected chi connectivity index (χ4v) is 3.30. The number of hydrogen-bond donors (Lipinski definition) is 3. The Kier molecular flexibility index (Phi) is 6.03. The second-order valence-electron chi connectivity index (χ2n) is 6.90. The maximum Gasteiger partial charge on any atom is 0.306 e. The van der Waals surface area contributed by atoms with Crippen LogP contribution in [0.15, 0.2) is 48.5 Å². The van der Waals surface area contributed by atoms with E-state index in [1.54, 1.807) is 24.3 Å². The summed E-state index contributed by atoms with van der Waals surface area (Å²) in [4.78, 5) is 35.7. The van der Waals surface area contributed by atoms with E-state index in [1.807, 2.05) is 0 Å². The molecule has 28 heavy (non-hydrogen) atoms. The van der Waals surface area contributed by atoms with Crippen molar-refractivity contribution in [3.8, 4) is 0 Å². The monoisotopic (exact) mass is 384 g/mol. The van der Waals surface area contributed by atoms with Gasteiger partial charge in [-0.15, -0.1) is 0 Å². The molecule has 7 heteroatoms. The van der Waals surface area contributed by atoms with Gasteiger partial charge in [0.15, 0.2) is 0 Å². The fourth-order valence-electron chi connectivity index (χ4n) is 3.30. The van der Waals surface area contributed by atoms with Gasteiger partial charge in [0.2, 0.25) is 0 Å². The zero-order valence-electron chi connectivity index (χ0n) is 15.2. The number of carboxylic acids is 1. The Labute approximate surface area is 161 Å². The summed E-state index contributed by atoms with van der Waals surface area (Å²) < 4.78 is 13.0. The summed E-state index contributed by atoms with van der Waals surface area (Å²) >= 11 is 0. The molecule has 0 spiro atoms. The van der Waals surface area contributed by atoms with Crippen molar-refractivity contribution in [1.29, 1.82) is 0 Å². The van der Waals surface area contributed by atoms with Gasteiger partial charge in [0.25, 0.3) is 11.8 Å². The Balaban J connectivity index is 1.59. The summed E-state index contributed by atoms with van der Waals surface area (Å²) in [7, 11) is 0. The molecule has 1 aliphatic rings. The van der Waals surface area contributed by atoms with E-state index in [0.29, 0.717) is 42.5 Å². The first-order valence-electron chi connectivity index (χ1n) is 9.13. The van der Waals surface area contributed by atoms with Crippen LogP contribution in [0.25, 0.3) is 0 Å². The molecule has 0 bridgehead atoms. The summed E-state index contributed by atoms with van der Waals surface area (Å²) in [6, 6.07) is 11.7. The first-order chi connectivity index (χ1) is 13.4. The quantitative estimate of drug-likeness (QED) is 0.736. The Morgan fingerprint density at radius 3 is 2.21 bits per heavy atom. The number of aliphatic carboxylic acids is 1. The standard InChI is InChI=1S/C21H21FN2O4/c22-16-8-4-13(5-9-16)19(25)24-18-3-1-2-15(12-18)20(26)23-17-10-6-14(7-11-17)21(27)28/h1-5,8-9,12,14,17H,6-7,10-11H2,(H,23,26)(H,24,25)(H,27,28). The maximum absolute atomic E-state index is 13.0. The molecule has 1 fully saturated rings. The minimum absolute atomic E-state index is 0.0550. The number of carbonyl (C=O) groups excluding carboxylic acids is 2. The van der Waals surface area contributed by atoms with E-state index in [2.05, 4.69) is 10.6 Å². The molecule has 0 aliphatic heterocycles. The van der Waals surface area contributed by atoms with Crippen LogP contribution >= 0.6 is 0 Å². The highest BCUT2D eigenvalue weighted by Gasteiger charge is 2.26. The third-order valence-electron chi connectivity index (χ3n) is 4.90. The van der Waals surface area contributed by atoms with E-state index >= 15 is 0 Å².